The van der Waals surface area contributed by atoms with Gasteiger partial charge in [-0.25, -0.2) is 4.39 Å². The number of hydrogen-bond acceptors (Lipinski definition) is 2. The molecule has 0 aliphatic carbocycles. The van der Waals surface area contributed by atoms with Crippen molar-refractivity contribution >= 4 is 0 Å². The van der Waals surface area contributed by atoms with E-state index in [-0.39, 0.29) is 11.9 Å². The van der Waals surface area contributed by atoms with Gasteiger partial charge in [0.15, 0.2) is 0 Å². The highest BCUT2D eigenvalue weighted by molar-refractivity contribution is 5.26. The van der Waals surface area contributed by atoms with Crippen molar-refractivity contribution < 1.29 is 9.13 Å². The first-order valence-corrected chi connectivity index (χ1v) is 6.80. The number of hydrogen-bond donors (Lipinski definition) is 1. The molecular formula is C15H22FNO. The molecule has 2 unspecified atom stereocenters. The summed E-state index contributed by atoms with van der Waals surface area (Å²) in [5, 5.41) is 3.43. The quantitative estimate of drug-likeness (QED) is 0.811. The molecule has 1 fully saturated rings. The Morgan fingerprint density at radius 3 is 3.00 bits per heavy atom. The van der Waals surface area contributed by atoms with Gasteiger partial charge >= 0.3 is 0 Å². The van der Waals surface area contributed by atoms with Crippen LogP contribution >= 0.6 is 0 Å². The summed E-state index contributed by atoms with van der Waals surface area (Å²) >= 11 is 0. The molecule has 3 heteroatoms. The predicted octanol–water partition coefficient (Wildman–Crippen LogP) is 3.21. The Morgan fingerprint density at radius 1 is 1.44 bits per heavy atom. The number of ether oxygens (including phenoxy) is 1. The zero-order chi connectivity index (χ0) is 13.0. The maximum atomic E-state index is 13.6. The van der Waals surface area contributed by atoms with Gasteiger partial charge in [0.05, 0.1) is 6.10 Å². The molecule has 1 aliphatic rings. The lowest BCUT2D eigenvalue weighted by atomic mass is 9.94. The fourth-order valence-corrected chi connectivity index (χ4v) is 2.46. The zero-order valence-electron chi connectivity index (χ0n) is 11.2. The highest BCUT2D eigenvalue weighted by Crippen LogP contribution is 2.34. The molecule has 0 saturated carbocycles. The van der Waals surface area contributed by atoms with Crippen LogP contribution in [0.3, 0.4) is 0 Å². The van der Waals surface area contributed by atoms with E-state index in [0.717, 1.165) is 38.1 Å². The van der Waals surface area contributed by atoms with Gasteiger partial charge in [-0.05, 0) is 43.5 Å². The van der Waals surface area contributed by atoms with Gasteiger partial charge in [0.1, 0.15) is 5.82 Å². The van der Waals surface area contributed by atoms with E-state index in [2.05, 4.69) is 12.2 Å². The Kier molecular flexibility index (Phi) is 4.72. The first kappa shape index (κ1) is 13.5. The lowest BCUT2D eigenvalue weighted by molar-refractivity contribution is 0.0903. The van der Waals surface area contributed by atoms with Gasteiger partial charge in [-0.2, -0.15) is 0 Å². The molecule has 0 radical (unpaired) electrons. The zero-order valence-corrected chi connectivity index (χ0v) is 11.2. The molecule has 1 N–H and O–H groups in total. The summed E-state index contributed by atoms with van der Waals surface area (Å²) in [6, 6.07) is 5.45. The minimum Gasteiger partial charge on any atom is -0.373 e. The van der Waals surface area contributed by atoms with E-state index in [1.807, 2.05) is 12.1 Å². The van der Waals surface area contributed by atoms with Crippen LogP contribution in [0.1, 0.15) is 37.0 Å². The highest BCUT2D eigenvalue weighted by Gasteiger charge is 2.29. The molecule has 18 heavy (non-hydrogen) atoms. The van der Waals surface area contributed by atoms with E-state index in [1.54, 1.807) is 13.0 Å². The molecule has 1 aliphatic heterocycles. The third-order valence-corrected chi connectivity index (χ3v) is 3.57. The number of rotatable bonds is 5. The van der Waals surface area contributed by atoms with Crippen LogP contribution in [-0.2, 0) is 4.74 Å². The van der Waals surface area contributed by atoms with Crippen LogP contribution in [0.2, 0.25) is 0 Å². The highest BCUT2D eigenvalue weighted by atomic mass is 19.1. The minimum absolute atomic E-state index is 0.0458. The van der Waals surface area contributed by atoms with Gasteiger partial charge in [0.2, 0.25) is 0 Å². The van der Waals surface area contributed by atoms with Crippen LogP contribution in [0.25, 0.3) is 0 Å². The van der Waals surface area contributed by atoms with E-state index in [4.69, 9.17) is 4.74 Å². The van der Waals surface area contributed by atoms with E-state index >= 15 is 0 Å². The third-order valence-electron chi connectivity index (χ3n) is 3.57. The molecule has 0 amide bonds. The normalized spacial score (nSPS) is 23.5. The lowest BCUT2D eigenvalue weighted by Gasteiger charge is -2.19. The average Bonchev–Trinajstić information content (AvgIpc) is 2.81. The Hall–Kier alpha value is -0.930. The third kappa shape index (κ3) is 3.09. The van der Waals surface area contributed by atoms with E-state index in [9.17, 15) is 4.39 Å². The first-order valence-electron chi connectivity index (χ1n) is 6.80. The molecule has 0 bridgehead atoms. The summed E-state index contributed by atoms with van der Waals surface area (Å²) in [4.78, 5) is 0. The fourth-order valence-electron chi connectivity index (χ4n) is 2.46. The standard InChI is InChI=1S/C15H22FNO/c1-3-7-17-10-13-6-8-18-15(13)12-5-4-11(2)14(16)9-12/h4-5,9,13,15,17H,3,6-8,10H2,1-2H3. The summed E-state index contributed by atoms with van der Waals surface area (Å²) in [6.45, 7) is 6.71. The monoisotopic (exact) mass is 251 g/mol. The second-order valence-electron chi connectivity index (χ2n) is 5.05. The summed E-state index contributed by atoms with van der Waals surface area (Å²) in [6.07, 6.45) is 2.23. The molecule has 1 aromatic rings. The van der Waals surface area contributed by atoms with Crippen molar-refractivity contribution in [1.82, 2.24) is 5.32 Å². The number of benzene rings is 1. The average molecular weight is 251 g/mol. The number of halogens is 1. The van der Waals surface area contributed by atoms with Crippen LogP contribution in [0, 0.1) is 18.7 Å². The van der Waals surface area contributed by atoms with Crippen LogP contribution < -0.4 is 5.32 Å². The van der Waals surface area contributed by atoms with Gasteiger partial charge in [-0.1, -0.05) is 19.1 Å². The summed E-state index contributed by atoms with van der Waals surface area (Å²) in [5.41, 5.74) is 1.66. The molecule has 1 heterocycles. The maximum absolute atomic E-state index is 13.6. The van der Waals surface area contributed by atoms with Gasteiger partial charge < -0.3 is 10.1 Å². The molecule has 2 nitrogen and oxygen atoms in total. The van der Waals surface area contributed by atoms with Crippen LogP contribution in [0.5, 0.6) is 0 Å². The van der Waals surface area contributed by atoms with Crippen molar-refractivity contribution in [2.75, 3.05) is 19.7 Å². The first-order chi connectivity index (χ1) is 8.72. The maximum Gasteiger partial charge on any atom is 0.126 e. The molecular weight excluding hydrogens is 229 g/mol. The summed E-state index contributed by atoms with van der Waals surface area (Å²) in [5.74, 6) is 0.321. The smallest absolute Gasteiger partial charge is 0.126 e. The number of aryl methyl sites for hydroxylation is 1. The van der Waals surface area contributed by atoms with Gasteiger partial charge in [-0.3, -0.25) is 0 Å². The minimum atomic E-state index is -0.136. The van der Waals surface area contributed by atoms with Gasteiger partial charge in [0.25, 0.3) is 0 Å². The van der Waals surface area contributed by atoms with Crippen molar-refractivity contribution in [3.05, 3.63) is 35.1 Å². The van der Waals surface area contributed by atoms with Crippen molar-refractivity contribution in [1.29, 1.82) is 0 Å². The molecule has 100 valence electrons. The van der Waals surface area contributed by atoms with E-state index in [1.165, 1.54) is 0 Å². The van der Waals surface area contributed by atoms with Crippen LogP contribution in [0.4, 0.5) is 4.39 Å². The molecule has 0 aromatic heterocycles. The lowest BCUT2D eigenvalue weighted by Crippen LogP contribution is -2.25. The molecule has 1 saturated heterocycles. The van der Waals surface area contributed by atoms with Crippen molar-refractivity contribution in [3.63, 3.8) is 0 Å². The summed E-state index contributed by atoms with van der Waals surface area (Å²) in [7, 11) is 0. The SMILES string of the molecule is CCCNCC1CCOC1c1ccc(C)c(F)c1. The summed E-state index contributed by atoms with van der Waals surface area (Å²) < 4.78 is 19.4. The van der Waals surface area contributed by atoms with Crippen molar-refractivity contribution in [2.45, 2.75) is 32.8 Å². The number of nitrogens with one attached hydrogen (secondary N) is 1. The second kappa shape index (κ2) is 6.30. The van der Waals surface area contributed by atoms with Crippen LogP contribution in [0.15, 0.2) is 18.2 Å². The van der Waals surface area contributed by atoms with Crippen molar-refractivity contribution in [2.24, 2.45) is 5.92 Å². The van der Waals surface area contributed by atoms with Gasteiger partial charge in [0, 0.05) is 19.1 Å². The van der Waals surface area contributed by atoms with E-state index in [0.29, 0.717) is 11.5 Å². The fraction of sp³-hybridized carbons (Fsp3) is 0.600. The Labute approximate surface area is 109 Å². The van der Waals surface area contributed by atoms with Crippen molar-refractivity contribution in [3.8, 4) is 0 Å². The molecule has 2 atom stereocenters. The Morgan fingerprint density at radius 2 is 2.28 bits per heavy atom. The Balaban J connectivity index is 2.03. The van der Waals surface area contributed by atoms with Crippen LogP contribution in [-0.4, -0.2) is 19.7 Å². The molecule has 2 rings (SSSR count). The largest absolute Gasteiger partial charge is 0.373 e. The Bertz CT molecular complexity index is 394. The topological polar surface area (TPSA) is 21.3 Å². The molecule has 0 spiro atoms. The van der Waals surface area contributed by atoms with E-state index < -0.39 is 0 Å². The molecule has 1 aromatic carbocycles. The predicted molar refractivity (Wildman–Crippen MR) is 71.1 cm³/mol. The second-order valence-corrected chi connectivity index (χ2v) is 5.05. The van der Waals surface area contributed by atoms with Gasteiger partial charge in [-0.15, -0.1) is 0 Å².